The number of esters is 1. The molecule has 1 amide bonds. The van der Waals surface area contributed by atoms with E-state index < -0.39 is 12.0 Å². The number of methoxy groups -OCH3 is 1. The maximum absolute atomic E-state index is 12.8. The van der Waals surface area contributed by atoms with Crippen molar-refractivity contribution in [2.24, 2.45) is 5.92 Å². The summed E-state index contributed by atoms with van der Waals surface area (Å²) in [6.45, 7) is 3.63. The van der Waals surface area contributed by atoms with E-state index >= 15 is 0 Å². The van der Waals surface area contributed by atoms with Gasteiger partial charge < -0.3 is 15.4 Å². The Balaban J connectivity index is 1.76. The molecule has 1 aliphatic rings. The molecule has 0 spiro atoms. The number of aromatic nitrogens is 2. The largest absolute Gasteiger partial charge is 0.469 e. The van der Waals surface area contributed by atoms with Gasteiger partial charge in [0.2, 0.25) is 0 Å². The molecule has 0 saturated carbocycles. The van der Waals surface area contributed by atoms with Crippen LogP contribution in [0.25, 0.3) is 0 Å². The summed E-state index contributed by atoms with van der Waals surface area (Å²) < 4.78 is 6.72. The molecule has 1 aromatic carbocycles. The van der Waals surface area contributed by atoms with Crippen LogP contribution in [0.5, 0.6) is 0 Å². The molecule has 1 saturated heterocycles. The van der Waals surface area contributed by atoms with E-state index in [1.165, 1.54) is 7.11 Å². The van der Waals surface area contributed by atoms with E-state index in [9.17, 15) is 9.59 Å². The van der Waals surface area contributed by atoms with Crippen LogP contribution in [0.1, 0.15) is 47.9 Å². The Morgan fingerprint density at radius 3 is 2.74 bits per heavy atom. The molecular weight excluding hydrogens is 344 g/mol. The normalized spacial score (nSPS) is 19.1. The van der Waals surface area contributed by atoms with E-state index in [1.54, 1.807) is 13.0 Å². The van der Waals surface area contributed by atoms with E-state index in [4.69, 9.17) is 4.74 Å². The van der Waals surface area contributed by atoms with Gasteiger partial charge in [0.1, 0.15) is 5.69 Å². The third-order valence-electron chi connectivity index (χ3n) is 5.00. The van der Waals surface area contributed by atoms with Crippen molar-refractivity contribution in [1.29, 1.82) is 0 Å². The quantitative estimate of drug-likeness (QED) is 0.761. The van der Waals surface area contributed by atoms with E-state index in [0.29, 0.717) is 5.69 Å². The van der Waals surface area contributed by atoms with Gasteiger partial charge >= 0.3 is 5.97 Å². The summed E-state index contributed by atoms with van der Waals surface area (Å²) in [5.74, 6) is -1.20. The Bertz CT molecular complexity index is 769. The Hall–Kier alpha value is -2.67. The Kier molecular flexibility index (Phi) is 6.24. The van der Waals surface area contributed by atoms with Crippen LogP contribution in [-0.4, -0.2) is 41.9 Å². The first-order valence-corrected chi connectivity index (χ1v) is 9.29. The van der Waals surface area contributed by atoms with Gasteiger partial charge in [0.15, 0.2) is 0 Å². The van der Waals surface area contributed by atoms with Crippen molar-refractivity contribution in [2.75, 3.05) is 20.2 Å². The second-order valence-corrected chi connectivity index (χ2v) is 6.85. The van der Waals surface area contributed by atoms with E-state index in [2.05, 4.69) is 15.7 Å². The Morgan fingerprint density at radius 2 is 2.07 bits per heavy atom. The van der Waals surface area contributed by atoms with Gasteiger partial charge in [-0.2, -0.15) is 5.10 Å². The molecule has 2 heterocycles. The molecule has 2 N–H and O–H groups in total. The van der Waals surface area contributed by atoms with Gasteiger partial charge in [-0.25, -0.2) is 0 Å². The van der Waals surface area contributed by atoms with Crippen LogP contribution < -0.4 is 10.6 Å². The minimum absolute atomic E-state index is 0.263. The number of carbonyl (C=O) groups excluding carboxylic acids is 2. The smallest absolute Gasteiger partial charge is 0.310 e. The van der Waals surface area contributed by atoms with Gasteiger partial charge in [-0.15, -0.1) is 0 Å². The number of benzene rings is 1. The van der Waals surface area contributed by atoms with Crippen molar-refractivity contribution in [3.63, 3.8) is 0 Å². The van der Waals surface area contributed by atoms with Gasteiger partial charge in [0.05, 0.1) is 25.1 Å². The van der Waals surface area contributed by atoms with Gasteiger partial charge in [-0.1, -0.05) is 30.3 Å². The zero-order valence-electron chi connectivity index (χ0n) is 15.7. The first kappa shape index (κ1) is 19.1. The molecule has 7 heteroatoms. The van der Waals surface area contributed by atoms with Crippen LogP contribution >= 0.6 is 0 Å². The van der Waals surface area contributed by atoms with Crippen molar-refractivity contribution in [3.8, 4) is 0 Å². The second kappa shape index (κ2) is 8.81. The summed E-state index contributed by atoms with van der Waals surface area (Å²) in [5, 5.41) is 10.7. The molecule has 3 rings (SSSR count). The Labute approximate surface area is 159 Å². The molecule has 1 aliphatic heterocycles. The average Bonchev–Trinajstić information content (AvgIpc) is 3.22. The van der Waals surface area contributed by atoms with Gasteiger partial charge in [0.25, 0.3) is 5.91 Å². The average molecular weight is 370 g/mol. The number of carbonyl (C=O) groups is 2. The fourth-order valence-corrected chi connectivity index (χ4v) is 3.42. The molecule has 1 aromatic heterocycles. The first-order chi connectivity index (χ1) is 13.1. The number of ether oxygens (including phenoxy) is 1. The van der Waals surface area contributed by atoms with E-state index in [0.717, 1.165) is 31.5 Å². The highest BCUT2D eigenvalue weighted by Crippen LogP contribution is 2.24. The fraction of sp³-hybridized carbons (Fsp3) is 0.450. The maximum Gasteiger partial charge on any atom is 0.310 e. The van der Waals surface area contributed by atoms with Gasteiger partial charge in [-0.3, -0.25) is 14.3 Å². The summed E-state index contributed by atoms with van der Waals surface area (Å²) in [6.07, 6.45) is 3.98. The zero-order chi connectivity index (χ0) is 19.2. The highest BCUT2D eigenvalue weighted by atomic mass is 16.5. The van der Waals surface area contributed by atoms with Gasteiger partial charge in [-0.05, 0) is 37.9 Å². The van der Waals surface area contributed by atoms with E-state index in [1.807, 2.05) is 41.2 Å². The summed E-state index contributed by atoms with van der Waals surface area (Å²) in [5.41, 5.74) is 1.19. The van der Waals surface area contributed by atoms with Crippen LogP contribution in [-0.2, 0) is 9.53 Å². The topological polar surface area (TPSA) is 85.2 Å². The number of nitrogens with zero attached hydrogens (tertiary/aromatic N) is 2. The number of hydrogen-bond acceptors (Lipinski definition) is 5. The number of rotatable bonds is 6. The van der Waals surface area contributed by atoms with Crippen molar-refractivity contribution < 1.29 is 14.3 Å². The van der Waals surface area contributed by atoms with Crippen molar-refractivity contribution in [3.05, 3.63) is 53.9 Å². The highest BCUT2D eigenvalue weighted by molar-refractivity contribution is 5.92. The maximum atomic E-state index is 12.8. The lowest BCUT2D eigenvalue weighted by Gasteiger charge is -2.24. The summed E-state index contributed by atoms with van der Waals surface area (Å²) in [6, 6.07) is 10.9. The monoisotopic (exact) mass is 370 g/mol. The van der Waals surface area contributed by atoms with Crippen LogP contribution in [0.2, 0.25) is 0 Å². The molecular formula is C20H26N4O3. The third-order valence-corrected chi connectivity index (χ3v) is 5.00. The third kappa shape index (κ3) is 4.54. The fourth-order valence-electron chi connectivity index (χ4n) is 3.42. The predicted molar refractivity (Wildman–Crippen MR) is 101 cm³/mol. The van der Waals surface area contributed by atoms with Crippen molar-refractivity contribution in [2.45, 2.75) is 31.8 Å². The Morgan fingerprint density at radius 1 is 1.30 bits per heavy atom. The summed E-state index contributed by atoms with van der Waals surface area (Å²) in [7, 11) is 1.35. The molecule has 2 aromatic rings. The van der Waals surface area contributed by atoms with Crippen molar-refractivity contribution >= 4 is 11.9 Å². The summed E-state index contributed by atoms with van der Waals surface area (Å²) >= 11 is 0. The number of amides is 1. The molecule has 3 atom stereocenters. The number of hydrogen-bond donors (Lipinski definition) is 2. The van der Waals surface area contributed by atoms with E-state index in [-0.39, 0.29) is 17.9 Å². The van der Waals surface area contributed by atoms with Gasteiger partial charge in [0, 0.05) is 12.7 Å². The second-order valence-electron chi connectivity index (χ2n) is 6.85. The molecule has 144 valence electrons. The molecule has 7 nitrogen and oxygen atoms in total. The zero-order valence-corrected chi connectivity index (χ0v) is 15.7. The molecule has 0 bridgehead atoms. The molecule has 0 aliphatic carbocycles. The number of nitrogens with one attached hydrogen (secondary N) is 2. The highest BCUT2D eigenvalue weighted by Gasteiger charge is 2.29. The lowest BCUT2D eigenvalue weighted by molar-refractivity contribution is -0.145. The summed E-state index contributed by atoms with van der Waals surface area (Å²) in [4.78, 5) is 24.8. The number of piperidine rings is 1. The molecule has 3 unspecified atom stereocenters. The molecule has 0 radical (unpaired) electrons. The first-order valence-electron chi connectivity index (χ1n) is 9.29. The standard InChI is InChI=1S/C20H26N4O3/c1-14(20(26)27-2)18(15-7-4-3-5-8-15)22-19(25)17-10-12-24(23-17)16-9-6-11-21-13-16/h3-5,7-8,10,12,14,16,18,21H,6,9,11,13H2,1-2H3,(H,22,25). The molecule has 27 heavy (non-hydrogen) atoms. The van der Waals surface area contributed by atoms with Crippen LogP contribution in [0.15, 0.2) is 42.6 Å². The van der Waals surface area contributed by atoms with Crippen molar-refractivity contribution in [1.82, 2.24) is 20.4 Å². The minimum atomic E-state index is -0.522. The minimum Gasteiger partial charge on any atom is -0.469 e. The van der Waals surface area contributed by atoms with Crippen LogP contribution in [0, 0.1) is 5.92 Å². The SMILES string of the molecule is COC(=O)C(C)C(NC(=O)c1ccn(C2CCCNC2)n1)c1ccccc1. The lowest BCUT2D eigenvalue weighted by Crippen LogP contribution is -2.36. The molecule has 1 fully saturated rings. The van der Waals surface area contributed by atoms with Crippen LogP contribution in [0.3, 0.4) is 0 Å². The lowest BCUT2D eigenvalue weighted by atomic mass is 9.94. The van der Waals surface area contributed by atoms with Crippen LogP contribution in [0.4, 0.5) is 0 Å². The predicted octanol–water partition coefficient (Wildman–Crippen LogP) is 2.09.